The minimum Gasteiger partial charge on any atom is -0.307 e. The van der Waals surface area contributed by atoms with Crippen LogP contribution in [0.3, 0.4) is 0 Å². The summed E-state index contributed by atoms with van der Waals surface area (Å²) in [4.78, 5) is 3.65. The molecule has 0 spiro atoms. The fraction of sp³-hybridized carbons (Fsp3) is 0.161. The molecule has 70 heavy (non-hydrogen) atoms. The molecule has 0 unspecified atom stereocenters. The fourth-order valence-electron chi connectivity index (χ4n) is 9.87. The Labute approximate surface area is 410 Å². The summed E-state index contributed by atoms with van der Waals surface area (Å²) in [5.41, 5.74) is 8.59. The largest absolute Gasteiger partial charge is 0.307 e. The molecule has 10 aromatic rings. The SMILES string of the molecule is Cc1ccc(-c2cc(F)c(N(c3ccc([Si](C)(C)C)cc3)c3ccc4ccc5c(N(c6ccc([Si](C)(C)C)cc6)c6cc(F)c(-c7ccc(C)c(C)c7)cc6F)ccc6ccc3c4c65)cc2F)cc1C. The van der Waals surface area contributed by atoms with Crippen LogP contribution in [0.4, 0.5) is 51.7 Å². The summed E-state index contributed by atoms with van der Waals surface area (Å²) >= 11 is 0. The van der Waals surface area contributed by atoms with Crippen LogP contribution in [0.25, 0.3) is 54.6 Å². The van der Waals surface area contributed by atoms with E-state index in [0.29, 0.717) is 33.9 Å². The summed E-state index contributed by atoms with van der Waals surface area (Å²) in [6.07, 6.45) is 0. The predicted molar refractivity (Wildman–Crippen MR) is 295 cm³/mol. The Kier molecular flexibility index (Phi) is 11.6. The lowest BCUT2D eigenvalue weighted by Gasteiger charge is -2.30. The number of benzene rings is 10. The van der Waals surface area contributed by atoms with Crippen molar-refractivity contribution in [1.82, 2.24) is 0 Å². The zero-order valence-corrected chi connectivity index (χ0v) is 43.4. The summed E-state index contributed by atoms with van der Waals surface area (Å²) < 4.78 is 67.4. The first kappa shape index (κ1) is 46.7. The van der Waals surface area contributed by atoms with Crippen LogP contribution in [-0.4, -0.2) is 16.1 Å². The minimum absolute atomic E-state index is 0.0799. The van der Waals surface area contributed by atoms with Crippen molar-refractivity contribution in [2.24, 2.45) is 0 Å². The van der Waals surface area contributed by atoms with E-state index in [1.54, 1.807) is 0 Å². The number of aryl methyl sites for hydroxylation is 4. The molecular formula is C62H56F4N2Si2. The van der Waals surface area contributed by atoms with Crippen molar-refractivity contribution in [2.45, 2.75) is 67.0 Å². The molecule has 0 saturated carbocycles. The molecule has 8 heteroatoms. The van der Waals surface area contributed by atoms with Crippen LogP contribution in [0.15, 0.2) is 158 Å². The maximum Gasteiger partial charge on any atom is 0.148 e. The molecule has 0 heterocycles. The van der Waals surface area contributed by atoms with Gasteiger partial charge in [0.1, 0.15) is 23.3 Å². The highest BCUT2D eigenvalue weighted by molar-refractivity contribution is 6.89. The van der Waals surface area contributed by atoms with E-state index in [1.165, 1.54) is 34.6 Å². The number of anilines is 6. The Morgan fingerprint density at radius 1 is 0.329 bits per heavy atom. The van der Waals surface area contributed by atoms with Crippen molar-refractivity contribution in [2.75, 3.05) is 9.80 Å². The van der Waals surface area contributed by atoms with Crippen LogP contribution in [0.5, 0.6) is 0 Å². The van der Waals surface area contributed by atoms with Crippen LogP contribution >= 0.6 is 0 Å². The van der Waals surface area contributed by atoms with Crippen LogP contribution in [0.2, 0.25) is 39.3 Å². The van der Waals surface area contributed by atoms with Gasteiger partial charge in [-0.15, -0.1) is 0 Å². The third-order valence-electron chi connectivity index (χ3n) is 14.3. The van der Waals surface area contributed by atoms with E-state index in [0.717, 1.165) is 54.6 Å². The van der Waals surface area contributed by atoms with Gasteiger partial charge in [0.05, 0.1) is 38.9 Å². The highest BCUT2D eigenvalue weighted by Gasteiger charge is 2.28. The number of hydrogen-bond donors (Lipinski definition) is 0. The van der Waals surface area contributed by atoms with Crippen LogP contribution in [0, 0.1) is 51.0 Å². The Morgan fingerprint density at radius 3 is 1.03 bits per heavy atom. The lowest BCUT2D eigenvalue weighted by molar-refractivity contribution is 0.604. The Hall–Kier alpha value is -7.01. The third-order valence-corrected chi connectivity index (χ3v) is 18.4. The van der Waals surface area contributed by atoms with Crippen LogP contribution < -0.4 is 20.2 Å². The van der Waals surface area contributed by atoms with Crippen LogP contribution in [0.1, 0.15) is 22.3 Å². The zero-order valence-electron chi connectivity index (χ0n) is 41.4. The number of rotatable bonds is 10. The maximum atomic E-state index is 17.1. The molecule has 350 valence electrons. The molecule has 0 bridgehead atoms. The van der Waals surface area contributed by atoms with Gasteiger partial charge in [-0.25, -0.2) is 17.6 Å². The first-order valence-corrected chi connectivity index (χ1v) is 30.9. The maximum absolute atomic E-state index is 17.1. The average molecular weight is 961 g/mol. The molecule has 0 amide bonds. The second kappa shape index (κ2) is 17.4. The molecule has 10 rings (SSSR count). The first-order chi connectivity index (χ1) is 33.3. The molecule has 0 aromatic heterocycles. The molecule has 0 atom stereocenters. The molecule has 2 nitrogen and oxygen atoms in total. The van der Waals surface area contributed by atoms with Crippen molar-refractivity contribution in [3.05, 3.63) is 203 Å². The lowest BCUT2D eigenvalue weighted by atomic mass is 9.91. The summed E-state index contributed by atoms with van der Waals surface area (Å²) in [6, 6.07) is 49.2. The quantitative estimate of drug-likeness (QED) is 0.0766. The molecule has 0 N–H and O–H groups in total. The number of halogens is 4. The third kappa shape index (κ3) is 8.26. The molecule has 0 aliphatic heterocycles. The summed E-state index contributed by atoms with van der Waals surface area (Å²) in [7, 11) is -3.43. The Balaban J connectivity index is 1.20. The molecule has 0 aliphatic rings. The highest BCUT2D eigenvalue weighted by Crippen LogP contribution is 2.49. The molecule has 10 aromatic carbocycles. The van der Waals surface area contributed by atoms with E-state index in [1.807, 2.05) is 135 Å². The van der Waals surface area contributed by atoms with Gasteiger partial charge in [0.2, 0.25) is 0 Å². The highest BCUT2D eigenvalue weighted by atomic mass is 28.3. The smallest absolute Gasteiger partial charge is 0.148 e. The first-order valence-electron chi connectivity index (χ1n) is 23.9. The molecule has 0 radical (unpaired) electrons. The van der Waals surface area contributed by atoms with Crippen molar-refractivity contribution in [3.63, 3.8) is 0 Å². The second-order valence-corrected chi connectivity index (χ2v) is 31.2. The summed E-state index contributed by atoms with van der Waals surface area (Å²) in [5.74, 6) is -2.19. The van der Waals surface area contributed by atoms with Gasteiger partial charge >= 0.3 is 0 Å². The van der Waals surface area contributed by atoms with Crippen molar-refractivity contribution >= 4 is 93.0 Å². The average Bonchev–Trinajstić information content (AvgIpc) is 3.32. The minimum atomic E-state index is -1.72. The zero-order chi connectivity index (χ0) is 49.6. The van der Waals surface area contributed by atoms with Gasteiger partial charge in [0.25, 0.3) is 0 Å². The van der Waals surface area contributed by atoms with Gasteiger partial charge in [-0.05, 0) is 131 Å². The predicted octanol–water partition coefficient (Wildman–Crippen LogP) is 17.7. The number of nitrogens with zero attached hydrogens (tertiary/aromatic N) is 2. The normalized spacial score (nSPS) is 12.1. The van der Waals surface area contributed by atoms with Crippen molar-refractivity contribution in [1.29, 1.82) is 0 Å². The van der Waals surface area contributed by atoms with Gasteiger partial charge in [0, 0.05) is 45.4 Å². The lowest BCUT2D eigenvalue weighted by Crippen LogP contribution is -2.37. The number of hydrogen-bond acceptors (Lipinski definition) is 2. The Bertz CT molecular complexity index is 3420. The van der Waals surface area contributed by atoms with E-state index in [-0.39, 0.29) is 22.5 Å². The van der Waals surface area contributed by atoms with E-state index < -0.39 is 39.4 Å². The fourth-order valence-corrected chi connectivity index (χ4v) is 12.2. The topological polar surface area (TPSA) is 6.48 Å². The molecule has 0 fully saturated rings. The van der Waals surface area contributed by atoms with E-state index in [2.05, 4.69) is 75.7 Å². The Morgan fingerprint density at radius 2 is 0.686 bits per heavy atom. The van der Waals surface area contributed by atoms with Gasteiger partial charge in [-0.1, -0.05) is 147 Å². The van der Waals surface area contributed by atoms with Crippen molar-refractivity contribution in [3.8, 4) is 22.3 Å². The van der Waals surface area contributed by atoms with Crippen LogP contribution in [-0.2, 0) is 0 Å². The molecule has 0 aliphatic carbocycles. The second-order valence-electron chi connectivity index (χ2n) is 21.0. The van der Waals surface area contributed by atoms with Gasteiger partial charge in [0.15, 0.2) is 0 Å². The summed E-state index contributed by atoms with van der Waals surface area (Å²) in [5, 5.41) is 7.84. The van der Waals surface area contributed by atoms with Crippen molar-refractivity contribution < 1.29 is 17.6 Å². The molecule has 0 saturated heterocycles. The van der Waals surface area contributed by atoms with Gasteiger partial charge < -0.3 is 9.80 Å². The summed E-state index contributed by atoms with van der Waals surface area (Å²) in [6.45, 7) is 21.6. The van der Waals surface area contributed by atoms with E-state index in [4.69, 9.17) is 0 Å². The van der Waals surface area contributed by atoms with E-state index in [9.17, 15) is 0 Å². The standard InChI is InChI=1S/C62H56F4N2Si2/c1-37-11-13-43(31-39(37)3)51-33-55(65)59(35-53(51)63)67(45-19-23-47(24-20-45)69(5,6)7)57-29-17-41-16-28-50-58(30-18-42-15-27-49(57)61(41)62(42)50)68(46-21-25-48(26-22-46)70(8,9)10)60-36-54(64)52(34-56(60)66)44-14-12-38(2)40(4)32-44/h11-36H,1-10H3. The van der Waals surface area contributed by atoms with E-state index >= 15 is 17.6 Å². The van der Waals surface area contributed by atoms with Gasteiger partial charge in [-0.3, -0.25) is 0 Å². The molecular weight excluding hydrogens is 905 g/mol. The van der Waals surface area contributed by atoms with Gasteiger partial charge in [-0.2, -0.15) is 0 Å². The monoisotopic (exact) mass is 960 g/mol.